The molecule has 0 spiro atoms. The Morgan fingerprint density at radius 1 is 0.230 bits per heavy atom. The molecule has 0 atom stereocenters. The van der Waals surface area contributed by atoms with E-state index in [4.69, 9.17) is 15.0 Å². The number of rotatable bonds is 8. The minimum Gasteiger partial charge on any atom is -0.208 e. The first kappa shape index (κ1) is 36.1. The van der Waals surface area contributed by atoms with E-state index in [-0.39, 0.29) is 0 Å². The van der Waals surface area contributed by atoms with E-state index in [1.54, 1.807) is 0 Å². The molecule has 0 saturated carbocycles. The Morgan fingerprint density at radius 3 is 1.15 bits per heavy atom. The number of nitrogens with zero attached hydrogens (tertiary/aromatic N) is 3. The average molecular weight is 778 g/mol. The lowest BCUT2D eigenvalue weighted by Crippen LogP contribution is -2.28. The third-order valence-corrected chi connectivity index (χ3v) is 12.0. The Balaban J connectivity index is 1.06. The van der Waals surface area contributed by atoms with Gasteiger partial charge in [-0.2, -0.15) is 0 Å². The molecule has 286 valence electrons. The SMILES string of the molecule is c1ccc(-c2ccc(-c3ccc(-c4nc(-c5cccc(-c6ccccc6)c5)nc(-c5ccc6c(c5)C(c5ccccc5)(c5ccccc5)c5ccccc5-6)n4)cc3)cc2)cc1. The molecule has 0 radical (unpaired) electrons. The fraction of sp³-hybridized carbons (Fsp3) is 0.0172. The maximum absolute atomic E-state index is 5.28. The summed E-state index contributed by atoms with van der Waals surface area (Å²) in [5.74, 6) is 1.87. The van der Waals surface area contributed by atoms with Crippen molar-refractivity contribution >= 4 is 0 Å². The summed E-state index contributed by atoms with van der Waals surface area (Å²) < 4.78 is 0. The summed E-state index contributed by atoms with van der Waals surface area (Å²) in [5, 5.41) is 0. The van der Waals surface area contributed by atoms with E-state index in [1.807, 2.05) is 12.1 Å². The lowest BCUT2D eigenvalue weighted by atomic mass is 9.67. The Hall–Kier alpha value is -8.01. The fourth-order valence-electron chi connectivity index (χ4n) is 9.11. The second-order valence-electron chi connectivity index (χ2n) is 15.6. The second-order valence-corrected chi connectivity index (χ2v) is 15.6. The van der Waals surface area contributed by atoms with E-state index in [0.717, 1.165) is 38.9 Å². The van der Waals surface area contributed by atoms with Gasteiger partial charge in [0.1, 0.15) is 0 Å². The first-order valence-electron chi connectivity index (χ1n) is 20.8. The summed E-state index contributed by atoms with van der Waals surface area (Å²) in [4.78, 5) is 15.7. The highest BCUT2D eigenvalue weighted by molar-refractivity contribution is 5.88. The summed E-state index contributed by atoms with van der Waals surface area (Å²) in [6.45, 7) is 0. The fourth-order valence-corrected chi connectivity index (χ4v) is 9.11. The van der Waals surface area contributed by atoms with Gasteiger partial charge in [0, 0.05) is 16.7 Å². The summed E-state index contributed by atoms with van der Waals surface area (Å²) >= 11 is 0. The zero-order valence-corrected chi connectivity index (χ0v) is 33.4. The van der Waals surface area contributed by atoms with Gasteiger partial charge in [-0.15, -0.1) is 0 Å². The summed E-state index contributed by atoms with van der Waals surface area (Å²) in [6, 6.07) is 84.1. The van der Waals surface area contributed by atoms with Crippen molar-refractivity contribution in [1.82, 2.24) is 15.0 Å². The van der Waals surface area contributed by atoms with Crippen molar-refractivity contribution in [2.75, 3.05) is 0 Å². The Kier molecular flexibility index (Phi) is 9.05. The minimum absolute atomic E-state index is 0.539. The van der Waals surface area contributed by atoms with Crippen LogP contribution in [0.4, 0.5) is 0 Å². The van der Waals surface area contributed by atoms with Crippen LogP contribution in [0.25, 0.3) is 78.7 Å². The molecule has 3 heteroatoms. The molecule has 0 unspecified atom stereocenters. The number of hydrogen-bond acceptors (Lipinski definition) is 3. The summed E-state index contributed by atoms with van der Waals surface area (Å²) in [7, 11) is 0. The molecule has 61 heavy (non-hydrogen) atoms. The first-order valence-corrected chi connectivity index (χ1v) is 20.8. The van der Waals surface area contributed by atoms with Gasteiger partial charge in [0.15, 0.2) is 17.5 Å². The Labute approximate surface area is 356 Å². The van der Waals surface area contributed by atoms with Gasteiger partial charge < -0.3 is 0 Å². The molecule has 11 rings (SSSR count). The van der Waals surface area contributed by atoms with Crippen LogP contribution in [0, 0.1) is 0 Å². The highest BCUT2D eigenvalue weighted by atomic mass is 15.0. The molecule has 0 amide bonds. The maximum Gasteiger partial charge on any atom is 0.164 e. The Morgan fingerprint density at radius 2 is 0.590 bits per heavy atom. The van der Waals surface area contributed by atoms with E-state index in [1.165, 1.54) is 44.5 Å². The quantitative estimate of drug-likeness (QED) is 0.154. The van der Waals surface area contributed by atoms with E-state index < -0.39 is 5.41 Å². The van der Waals surface area contributed by atoms with E-state index in [9.17, 15) is 0 Å². The third kappa shape index (κ3) is 6.44. The monoisotopic (exact) mass is 777 g/mol. The predicted octanol–water partition coefficient (Wildman–Crippen LogP) is 14.2. The van der Waals surface area contributed by atoms with Gasteiger partial charge in [0.2, 0.25) is 0 Å². The first-order chi connectivity index (χ1) is 30.2. The third-order valence-electron chi connectivity index (χ3n) is 12.0. The molecule has 1 heterocycles. The van der Waals surface area contributed by atoms with Crippen molar-refractivity contribution in [2.45, 2.75) is 5.41 Å². The van der Waals surface area contributed by atoms with Crippen molar-refractivity contribution in [3.63, 3.8) is 0 Å². The molecule has 0 saturated heterocycles. The maximum atomic E-state index is 5.28. The van der Waals surface area contributed by atoms with Crippen LogP contribution in [-0.2, 0) is 5.41 Å². The smallest absolute Gasteiger partial charge is 0.164 e. The van der Waals surface area contributed by atoms with E-state index in [0.29, 0.717) is 17.5 Å². The van der Waals surface area contributed by atoms with Gasteiger partial charge in [0.25, 0.3) is 0 Å². The van der Waals surface area contributed by atoms with Gasteiger partial charge in [-0.05, 0) is 78.9 Å². The van der Waals surface area contributed by atoms with Crippen molar-refractivity contribution in [1.29, 1.82) is 0 Å². The molecule has 0 aliphatic heterocycles. The van der Waals surface area contributed by atoms with Gasteiger partial charge in [-0.25, -0.2) is 15.0 Å². The van der Waals surface area contributed by atoms with E-state index in [2.05, 4.69) is 224 Å². The lowest BCUT2D eigenvalue weighted by Gasteiger charge is -2.34. The van der Waals surface area contributed by atoms with Gasteiger partial charge in [-0.1, -0.05) is 224 Å². The van der Waals surface area contributed by atoms with Crippen LogP contribution in [0.2, 0.25) is 0 Å². The largest absolute Gasteiger partial charge is 0.208 e. The number of aromatic nitrogens is 3. The molecule has 0 bridgehead atoms. The zero-order valence-electron chi connectivity index (χ0n) is 33.4. The van der Waals surface area contributed by atoms with Crippen LogP contribution in [0.3, 0.4) is 0 Å². The molecular formula is C58H39N3. The highest BCUT2D eigenvalue weighted by Gasteiger charge is 2.46. The van der Waals surface area contributed by atoms with Crippen LogP contribution >= 0.6 is 0 Å². The normalized spacial score (nSPS) is 12.4. The molecule has 3 nitrogen and oxygen atoms in total. The second kappa shape index (κ2) is 15.3. The molecule has 0 N–H and O–H groups in total. The number of benzene rings is 9. The molecule has 0 fully saturated rings. The number of hydrogen-bond donors (Lipinski definition) is 0. The summed E-state index contributed by atoms with van der Waals surface area (Å²) in [5.41, 5.74) is 16.5. The summed E-state index contributed by atoms with van der Waals surface area (Å²) in [6.07, 6.45) is 0. The molecule has 1 aliphatic rings. The number of fused-ring (bicyclic) bond motifs is 3. The molecule has 10 aromatic rings. The van der Waals surface area contributed by atoms with E-state index >= 15 is 0 Å². The molecular weight excluding hydrogens is 739 g/mol. The molecule has 1 aromatic heterocycles. The molecule has 9 aromatic carbocycles. The van der Waals surface area contributed by atoms with Crippen LogP contribution in [-0.4, -0.2) is 15.0 Å². The van der Waals surface area contributed by atoms with Crippen LogP contribution in [0.1, 0.15) is 22.3 Å². The van der Waals surface area contributed by atoms with Crippen molar-refractivity contribution in [3.05, 3.63) is 259 Å². The predicted molar refractivity (Wildman–Crippen MR) is 250 cm³/mol. The Bertz CT molecular complexity index is 3100. The van der Waals surface area contributed by atoms with Crippen LogP contribution in [0.15, 0.2) is 237 Å². The van der Waals surface area contributed by atoms with Crippen LogP contribution in [0.5, 0.6) is 0 Å². The van der Waals surface area contributed by atoms with Crippen molar-refractivity contribution < 1.29 is 0 Å². The van der Waals surface area contributed by atoms with Crippen molar-refractivity contribution in [2.24, 2.45) is 0 Å². The average Bonchev–Trinajstić information content (AvgIpc) is 3.65. The zero-order chi connectivity index (χ0) is 40.6. The highest BCUT2D eigenvalue weighted by Crippen LogP contribution is 2.56. The standard InChI is InChI=1S/C58H39N3/c1-5-16-40(17-6-1)42-28-30-43(31-29-42)44-32-34-45(35-33-44)55-59-56(47-21-15-20-46(38-47)41-18-7-2-8-19-41)61-57(60-55)48-36-37-52-51-26-13-14-27-53(51)58(54(52)39-48,49-22-9-3-10-23-49)50-24-11-4-12-25-50/h1-39H. The minimum atomic E-state index is -0.539. The molecule has 1 aliphatic carbocycles. The van der Waals surface area contributed by atoms with Crippen molar-refractivity contribution in [3.8, 4) is 78.7 Å². The van der Waals surface area contributed by atoms with Gasteiger partial charge in [0.05, 0.1) is 5.41 Å². The van der Waals surface area contributed by atoms with Gasteiger partial charge in [-0.3, -0.25) is 0 Å². The van der Waals surface area contributed by atoms with Crippen LogP contribution < -0.4 is 0 Å². The van der Waals surface area contributed by atoms with Gasteiger partial charge >= 0.3 is 0 Å². The lowest BCUT2D eigenvalue weighted by molar-refractivity contribution is 0.768. The topological polar surface area (TPSA) is 38.7 Å².